The lowest BCUT2D eigenvalue weighted by atomic mass is 10.1. The smallest absolute Gasteiger partial charge is 0.251 e. The lowest BCUT2D eigenvalue weighted by molar-refractivity contribution is -0.129. The molecule has 0 unspecified atom stereocenters. The molecule has 0 bridgehead atoms. The lowest BCUT2D eigenvalue weighted by Crippen LogP contribution is -2.36. The van der Waals surface area contributed by atoms with Gasteiger partial charge in [0.05, 0.1) is 5.75 Å². The summed E-state index contributed by atoms with van der Waals surface area (Å²) in [4.78, 5) is 28.0. The van der Waals surface area contributed by atoms with Gasteiger partial charge >= 0.3 is 0 Å². The molecule has 1 aliphatic rings. The molecule has 0 aliphatic carbocycles. The van der Waals surface area contributed by atoms with Crippen molar-refractivity contribution in [2.75, 3.05) is 25.4 Å². The van der Waals surface area contributed by atoms with E-state index in [0.717, 1.165) is 41.7 Å². The molecule has 4 rings (SSSR count). The highest BCUT2D eigenvalue weighted by Gasteiger charge is 2.18. The first-order valence-electron chi connectivity index (χ1n) is 10.6. The van der Waals surface area contributed by atoms with Crippen LogP contribution in [-0.2, 0) is 11.3 Å². The SMILES string of the molecule is O=C(NCCn1cc(SCC(=O)N2CCCCC2)c2ccccc21)c1ccc(Cl)cc1. The second-order valence-corrected chi connectivity index (χ2v) is 9.15. The van der Waals surface area contributed by atoms with E-state index in [0.29, 0.717) is 29.4 Å². The van der Waals surface area contributed by atoms with Crippen LogP contribution in [0.5, 0.6) is 0 Å². The second kappa shape index (κ2) is 10.2. The number of rotatable bonds is 7. The van der Waals surface area contributed by atoms with E-state index in [-0.39, 0.29) is 11.8 Å². The summed E-state index contributed by atoms with van der Waals surface area (Å²) < 4.78 is 2.14. The molecule has 5 nitrogen and oxygen atoms in total. The Morgan fingerprint density at radius 3 is 2.52 bits per heavy atom. The third-order valence-corrected chi connectivity index (χ3v) is 6.84. The van der Waals surface area contributed by atoms with Crippen LogP contribution in [0.25, 0.3) is 10.9 Å². The molecule has 1 aliphatic heterocycles. The summed E-state index contributed by atoms with van der Waals surface area (Å²) in [6.45, 7) is 2.93. The number of fused-ring (bicyclic) bond motifs is 1. The summed E-state index contributed by atoms with van der Waals surface area (Å²) in [7, 11) is 0. The number of benzene rings is 2. The van der Waals surface area contributed by atoms with Crippen LogP contribution in [0, 0.1) is 0 Å². The Kier molecular flexibility index (Phi) is 7.20. The third-order valence-electron chi connectivity index (χ3n) is 5.56. The van der Waals surface area contributed by atoms with Gasteiger partial charge in [0.2, 0.25) is 5.91 Å². The van der Waals surface area contributed by atoms with Gasteiger partial charge in [-0.15, -0.1) is 11.8 Å². The number of hydrogen-bond acceptors (Lipinski definition) is 3. The Balaban J connectivity index is 1.38. The first-order valence-corrected chi connectivity index (χ1v) is 12.0. The van der Waals surface area contributed by atoms with Crippen LogP contribution in [0.4, 0.5) is 0 Å². The van der Waals surface area contributed by atoms with Crippen LogP contribution >= 0.6 is 23.4 Å². The maximum absolute atomic E-state index is 12.6. The number of nitrogens with zero attached hydrogens (tertiary/aromatic N) is 2. The molecule has 3 aromatic rings. The van der Waals surface area contributed by atoms with Gasteiger partial charge in [-0.25, -0.2) is 0 Å². The number of halogens is 1. The fourth-order valence-corrected chi connectivity index (χ4v) is 5.00. The zero-order valence-corrected chi connectivity index (χ0v) is 18.9. The molecule has 1 fully saturated rings. The minimum absolute atomic E-state index is 0.116. The summed E-state index contributed by atoms with van der Waals surface area (Å²) in [5.41, 5.74) is 1.70. The van der Waals surface area contributed by atoms with E-state index in [1.807, 2.05) is 17.0 Å². The predicted molar refractivity (Wildman–Crippen MR) is 127 cm³/mol. The van der Waals surface area contributed by atoms with Gasteiger partial charge in [0, 0.05) is 58.8 Å². The Bertz CT molecular complexity index is 1060. The molecule has 2 aromatic carbocycles. The van der Waals surface area contributed by atoms with Crippen molar-refractivity contribution in [2.45, 2.75) is 30.7 Å². The van der Waals surface area contributed by atoms with E-state index in [1.54, 1.807) is 36.0 Å². The third kappa shape index (κ3) is 5.43. The first kappa shape index (κ1) is 21.8. The maximum atomic E-state index is 12.6. The fraction of sp³-hybridized carbons (Fsp3) is 0.333. The van der Waals surface area contributed by atoms with Gasteiger partial charge in [-0.05, 0) is 49.6 Å². The average molecular weight is 456 g/mol. The maximum Gasteiger partial charge on any atom is 0.251 e. The van der Waals surface area contributed by atoms with E-state index in [1.165, 1.54) is 6.42 Å². The predicted octanol–water partition coefficient (Wildman–Crippen LogP) is 4.83. The molecule has 2 amide bonds. The number of piperidine rings is 1. The molecular weight excluding hydrogens is 430 g/mol. The summed E-state index contributed by atoms with van der Waals surface area (Å²) in [6.07, 6.45) is 5.53. The number of carbonyl (C=O) groups excluding carboxylic acids is 2. The Morgan fingerprint density at radius 1 is 1.00 bits per heavy atom. The van der Waals surface area contributed by atoms with Crippen molar-refractivity contribution >= 4 is 46.1 Å². The standard InChI is InChI=1S/C24H26ClN3O2S/c25-19-10-8-18(9-11-19)24(30)26-12-15-28-16-22(20-6-2-3-7-21(20)28)31-17-23(29)27-13-4-1-5-14-27/h2-3,6-11,16H,1,4-5,12-15,17H2,(H,26,30). The van der Waals surface area contributed by atoms with Crippen LogP contribution in [0.3, 0.4) is 0 Å². The highest BCUT2D eigenvalue weighted by Crippen LogP contribution is 2.30. The van der Waals surface area contributed by atoms with Crippen molar-refractivity contribution in [3.8, 4) is 0 Å². The Morgan fingerprint density at radius 2 is 1.74 bits per heavy atom. The van der Waals surface area contributed by atoms with E-state index in [9.17, 15) is 9.59 Å². The largest absolute Gasteiger partial charge is 0.350 e. The van der Waals surface area contributed by atoms with Gasteiger partial charge in [-0.2, -0.15) is 0 Å². The van der Waals surface area contributed by atoms with Crippen LogP contribution in [0.15, 0.2) is 59.6 Å². The van der Waals surface area contributed by atoms with Crippen LogP contribution < -0.4 is 5.32 Å². The van der Waals surface area contributed by atoms with Crippen LogP contribution in [0.1, 0.15) is 29.6 Å². The molecule has 2 heterocycles. The zero-order chi connectivity index (χ0) is 21.6. The van der Waals surface area contributed by atoms with Crippen LogP contribution in [0.2, 0.25) is 5.02 Å². The monoisotopic (exact) mass is 455 g/mol. The minimum Gasteiger partial charge on any atom is -0.350 e. The van der Waals surface area contributed by atoms with Crippen molar-refractivity contribution in [1.82, 2.24) is 14.8 Å². The average Bonchev–Trinajstić information content (AvgIpc) is 3.16. The van der Waals surface area contributed by atoms with Gasteiger partial charge in [0.1, 0.15) is 0 Å². The fourth-order valence-electron chi connectivity index (χ4n) is 3.88. The van der Waals surface area contributed by atoms with Gasteiger partial charge in [0.25, 0.3) is 5.91 Å². The molecule has 0 saturated carbocycles. The molecule has 31 heavy (non-hydrogen) atoms. The molecule has 0 atom stereocenters. The lowest BCUT2D eigenvalue weighted by Gasteiger charge is -2.26. The molecule has 1 saturated heterocycles. The van der Waals surface area contributed by atoms with E-state index in [2.05, 4.69) is 28.2 Å². The number of para-hydroxylation sites is 1. The molecule has 162 valence electrons. The molecule has 1 aromatic heterocycles. The number of thioether (sulfide) groups is 1. The molecular formula is C24H26ClN3O2S. The van der Waals surface area contributed by atoms with Gasteiger partial charge in [0.15, 0.2) is 0 Å². The highest BCUT2D eigenvalue weighted by atomic mass is 35.5. The number of amides is 2. The van der Waals surface area contributed by atoms with E-state index in [4.69, 9.17) is 11.6 Å². The van der Waals surface area contributed by atoms with Crippen molar-refractivity contribution in [3.63, 3.8) is 0 Å². The van der Waals surface area contributed by atoms with E-state index < -0.39 is 0 Å². The summed E-state index contributed by atoms with van der Waals surface area (Å²) in [5, 5.41) is 4.72. The summed E-state index contributed by atoms with van der Waals surface area (Å²) in [6, 6.07) is 15.1. The highest BCUT2D eigenvalue weighted by molar-refractivity contribution is 8.00. The van der Waals surface area contributed by atoms with Crippen LogP contribution in [-0.4, -0.2) is 46.7 Å². The van der Waals surface area contributed by atoms with Crippen molar-refractivity contribution in [1.29, 1.82) is 0 Å². The van der Waals surface area contributed by atoms with Gasteiger partial charge in [-0.3, -0.25) is 9.59 Å². The Labute approximate surface area is 191 Å². The summed E-state index contributed by atoms with van der Waals surface area (Å²) in [5.74, 6) is 0.563. The molecule has 1 N–H and O–H groups in total. The zero-order valence-electron chi connectivity index (χ0n) is 17.4. The normalized spacial score (nSPS) is 14.0. The van der Waals surface area contributed by atoms with Gasteiger partial charge in [-0.1, -0.05) is 29.8 Å². The molecule has 0 radical (unpaired) electrons. The molecule has 7 heteroatoms. The van der Waals surface area contributed by atoms with Crippen molar-refractivity contribution in [2.24, 2.45) is 0 Å². The number of aromatic nitrogens is 1. The number of hydrogen-bond donors (Lipinski definition) is 1. The van der Waals surface area contributed by atoms with Crippen molar-refractivity contribution < 1.29 is 9.59 Å². The second-order valence-electron chi connectivity index (χ2n) is 7.70. The quantitative estimate of drug-likeness (QED) is 0.519. The van der Waals surface area contributed by atoms with Gasteiger partial charge < -0.3 is 14.8 Å². The number of likely N-dealkylation sites (tertiary alicyclic amines) is 1. The number of carbonyl (C=O) groups is 2. The molecule has 0 spiro atoms. The Hall–Kier alpha value is -2.44. The number of nitrogens with one attached hydrogen (secondary N) is 1. The minimum atomic E-state index is -0.116. The van der Waals surface area contributed by atoms with E-state index >= 15 is 0 Å². The summed E-state index contributed by atoms with van der Waals surface area (Å²) >= 11 is 7.49. The van der Waals surface area contributed by atoms with Crippen molar-refractivity contribution in [3.05, 3.63) is 65.3 Å². The topological polar surface area (TPSA) is 54.3 Å². The first-order chi connectivity index (χ1) is 15.1.